The fourth-order valence-electron chi connectivity index (χ4n) is 4.49. The largest absolute Gasteiger partial charge is 0.497 e. The second-order valence-corrected chi connectivity index (χ2v) is 9.32. The predicted molar refractivity (Wildman–Crippen MR) is 145 cm³/mol. The molecule has 0 bridgehead atoms. The summed E-state index contributed by atoms with van der Waals surface area (Å²) in [5, 5.41) is 0. The van der Waals surface area contributed by atoms with E-state index < -0.39 is 0 Å². The minimum atomic E-state index is -0.0915. The van der Waals surface area contributed by atoms with Crippen molar-refractivity contribution in [3.05, 3.63) is 89.5 Å². The maximum atomic E-state index is 13.5. The summed E-state index contributed by atoms with van der Waals surface area (Å²) >= 11 is 0. The molecular formula is C30H35N3O5. The van der Waals surface area contributed by atoms with E-state index in [0.717, 1.165) is 33.9 Å². The molecule has 8 heteroatoms. The first-order valence-corrected chi connectivity index (χ1v) is 12.6. The van der Waals surface area contributed by atoms with Gasteiger partial charge in [0.2, 0.25) is 11.8 Å². The SMILES string of the molecule is COc1ccc(CN(Cc2ccc(OC)cc2)C(=O)CN2CCN(Cc3cccc(OC)c3)CC2=O)cc1. The Bertz CT molecular complexity index is 1160. The zero-order valence-corrected chi connectivity index (χ0v) is 22.3. The van der Waals surface area contributed by atoms with Crippen LogP contribution in [0.15, 0.2) is 72.8 Å². The molecule has 4 rings (SSSR count). The molecule has 0 aromatic heterocycles. The van der Waals surface area contributed by atoms with Gasteiger partial charge in [0.25, 0.3) is 0 Å². The molecule has 0 N–H and O–H groups in total. The third-order valence-corrected chi connectivity index (χ3v) is 6.68. The maximum Gasteiger partial charge on any atom is 0.242 e. The van der Waals surface area contributed by atoms with Crippen molar-refractivity contribution in [2.75, 3.05) is 47.5 Å². The molecule has 0 aliphatic carbocycles. The first-order chi connectivity index (χ1) is 18.5. The number of amides is 2. The van der Waals surface area contributed by atoms with Crippen molar-refractivity contribution in [2.24, 2.45) is 0 Å². The molecule has 1 aliphatic heterocycles. The summed E-state index contributed by atoms with van der Waals surface area (Å²) in [6, 6.07) is 23.2. The summed E-state index contributed by atoms with van der Waals surface area (Å²) in [7, 11) is 4.90. The molecule has 8 nitrogen and oxygen atoms in total. The maximum absolute atomic E-state index is 13.5. The molecule has 3 aromatic carbocycles. The van der Waals surface area contributed by atoms with Crippen LogP contribution in [0.5, 0.6) is 17.2 Å². The zero-order chi connectivity index (χ0) is 26.9. The average Bonchev–Trinajstić information content (AvgIpc) is 2.95. The van der Waals surface area contributed by atoms with Crippen molar-refractivity contribution in [1.82, 2.24) is 14.7 Å². The van der Waals surface area contributed by atoms with E-state index in [4.69, 9.17) is 14.2 Å². The molecule has 38 heavy (non-hydrogen) atoms. The van der Waals surface area contributed by atoms with E-state index in [-0.39, 0.29) is 24.9 Å². The van der Waals surface area contributed by atoms with Gasteiger partial charge in [-0.25, -0.2) is 0 Å². The Hall–Kier alpha value is -4.04. The Balaban J connectivity index is 1.40. The first kappa shape index (κ1) is 27.0. The van der Waals surface area contributed by atoms with E-state index in [0.29, 0.717) is 32.7 Å². The van der Waals surface area contributed by atoms with Crippen LogP contribution in [-0.4, -0.2) is 74.0 Å². The van der Waals surface area contributed by atoms with Gasteiger partial charge in [-0.15, -0.1) is 0 Å². The summed E-state index contributed by atoms with van der Waals surface area (Å²) in [5.74, 6) is 2.19. The number of hydrogen-bond acceptors (Lipinski definition) is 6. The van der Waals surface area contributed by atoms with Crippen LogP contribution in [-0.2, 0) is 29.2 Å². The average molecular weight is 518 g/mol. The van der Waals surface area contributed by atoms with Crippen LogP contribution < -0.4 is 14.2 Å². The van der Waals surface area contributed by atoms with E-state index >= 15 is 0 Å². The van der Waals surface area contributed by atoms with Gasteiger partial charge in [0.1, 0.15) is 17.2 Å². The summed E-state index contributed by atoms with van der Waals surface area (Å²) < 4.78 is 15.8. The monoisotopic (exact) mass is 517 g/mol. The van der Waals surface area contributed by atoms with Gasteiger partial charge in [-0.3, -0.25) is 14.5 Å². The van der Waals surface area contributed by atoms with Crippen molar-refractivity contribution >= 4 is 11.8 Å². The fourth-order valence-corrected chi connectivity index (χ4v) is 4.49. The minimum Gasteiger partial charge on any atom is -0.497 e. The Morgan fingerprint density at radius 1 is 0.763 bits per heavy atom. The predicted octanol–water partition coefficient (Wildman–Crippen LogP) is 3.59. The Morgan fingerprint density at radius 3 is 1.87 bits per heavy atom. The van der Waals surface area contributed by atoms with Gasteiger partial charge in [0, 0.05) is 32.7 Å². The number of rotatable bonds is 11. The summed E-state index contributed by atoms with van der Waals surface area (Å²) in [4.78, 5) is 32.1. The molecule has 0 unspecified atom stereocenters. The van der Waals surface area contributed by atoms with Gasteiger partial charge in [0.15, 0.2) is 0 Å². The van der Waals surface area contributed by atoms with Crippen molar-refractivity contribution in [2.45, 2.75) is 19.6 Å². The molecule has 0 spiro atoms. The van der Waals surface area contributed by atoms with E-state index in [9.17, 15) is 9.59 Å². The molecule has 1 heterocycles. The quantitative estimate of drug-likeness (QED) is 0.387. The van der Waals surface area contributed by atoms with Crippen LogP contribution in [0, 0.1) is 0 Å². The topological polar surface area (TPSA) is 71.6 Å². The number of piperazine rings is 1. The van der Waals surface area contributed by atoms with Crippen molar-refractivity contribution in [1.29, 1.82) is 0 Å². The molecule has 0 radical (unpaired) electrons. The molecular weight excluding hydrogens is 482 g/mol. The van der Waals surface area contributed by atoms with Crippen LogP contribution >= 0.6 is 0 Å². The lowest BCUT2D eigenvalue weighted by Crippen LogP contribution is -2.52. The second-order valence-electron chi connectivity index (χ2n) is 9.32. The van der Waals surface area contributed by atoms with Crippen molar-refractivity contribution in [3.8, 4) is 17.2 Å². The number of benzene rings is 3. The molecule has 200 valence electrons. The molecule has 0 atom stereocenters. The molecule has 1 saturated heterocycles. The standard InChI is InChI=1S/C30H35N3O5/c1-36-26-11-7-23(8-12-26)19-33(20-24-9-13-27(37-2)14-10-24)30(35)22-32-16-15-31(21-29(32)34)18-25-5-4-6-28(17-25)38-3/h4-14,17H,15-16,18-22H2,1-3H3. The fraction of sp³-hybridized carbons (Fsp3) is 0.333. The van der Waals surface area contributed by atoms with Gasteiger partial charge < -0.3 is 24.0 Å². The van der Waals surface area contributed by atoms with E-state index in [1.807, 2.05) is 72.8 Å². The van der Waals surface area contributed by atoms with Crippen LogP contribution in [0.25, 0.3) is 0 Å². The molecule has 3 aromatic rings. The van der Waals surface area contributed by atoms with E-state index in [1.165, 1.54) is 0 Å². The summed E-state index contributed by atoms with van der Waals surface area (Å²) in [5.41, 5.74) is 3.07. The Morgan fingerprint density at radius 2 is 1.34 bits per heavy atom. The van der Waals surface area contributed by atoms with Gasteiger partial charge in [-0.2, -0.15) is 0 Å². The highest BCUT2D eigenvalue weighted by Gasteiger charge is 2.27. The lowest BCUT2D eigenvalue weighted by molar-refractivity contribution is -0.144. The summed E-state index contributed by atoms with van der Waals surface area (Å²) in [6.07, 6.45) is 0. The zero-order valence-electron chi connectivity index (χ0n) is 22.3. The van der Waals surface area contributed by atoms with E-state index in [2.05, 4.69) is 4.90 Å². The van der Waals surface area contributed by atoms with Crippen LogP contribution in [0.3, 0.4) is 0 Å². The van der Waals surface area contributed by atoms with Gasteiger partial charge in [0.05, 0.1) is 34.4 Å². The van der Waals surface area contributed by atoms with E-state index in [1.54, 1.807) is 31.1 Å². The Kier molecular flexibility index (Phi) is 9.21. The lowest BCUT2D eigenvalue weighted by atomic mass is 10.1. The molecule has 1 aliphatic rings. The van der Waals surface area contributed by atoms with Crippen molar-refractivity contribution < 1.29 is 23.8 Å². The van der Waals surface area contributed by atoms with Gasteiger partial charge in [-0.1, -0.05) is 36.4 Å². The van der Waals surface area contributed by atoms with Crippen molar-refractivity contribution in [3.63, 3.8) is 0 Å². The number of methoxy groups -OCH3 is 3. The highest BCUT2D eigenvalue weighted by molar-refractivity contribution is 5.86. The van der Waals surface area contributed by atoms with Gasteiger partial charge >= 0.3 is 0 Å². The number of ether oxygens (including phenoxy) is 3. The number of carbonyl (C=O) groups is 2. The highest BCUT2D eigenvalue weighted by atomic mass is 16.5. The minimum absolute atomic E-state index is 0.0404. The van der Waals surface area contributed by atoms with Crippen LogP contribution in [0.4, 0.5) is 0 Å². The third-order valence-electron chi connectivity index (χ3n) is 6.68. The van der Waals surface area contributed by atoms with Crippen LogP contribution in [0.1, 0.15) is 16.7 Å². The third kappa shape index (κ3) is 7.26. The number of carbonyl (C=O) groups excluding carboxylic acids is 2. The van der Waals surface area contributed by atoms with Gasteiger partial charge in [-0.05, 0) is 53.1 Å². The second kappa shape index (κ2) is 13.0. The molecule has 0 saturated carbocycles. The molecule has 1 fully saturated rings. The number of nitrogens with zero attached hydrogens (tertiary/aromatic N) is 3. The lowest BCUT2D eigenvalue weighted by Gasteiger charge is -2.35. The van der Waals surface area contributed by atoms with Crippen LogP contribution in [0.2, 0.25) is 0 Å². The highest BCUT2D eigenvalue weighted by Crippen LogP contribution is 2.19. The number of hydrogen-bond donors (Lipinski definition) is 0. The first-order valence-electron chi connectivity index (χ1n) is 12.6. The molecule has 2 amide bonds. The Labute approximate surface area is 224 Å². The smallest absolute Gasteiger partial charge is 0.242 e. The summed E-state index contributed by atoms with van der Waals surface area (Å²) in [6.45, 7) is 3.06. The normalized spacial score (nSPS) is 13.8.